The van der Waals surface area contributed by atoms with E-state index in [1.165, 1.54) is 17.0 Å². The summed E-state index contributed by atoms with van der Waals surface area (Å²) in [5.74, 6) is -0.173. The molecule has 1 saturated carbocycles. The van der Waals surface area contributed by atoms with Gasteiger partial charge in [-0.25, -0.2) is 4.98 Å². The van der Waals surface area contributed by atoms with Crippen molar-refractivity contribution in [3.8, 4) is 0 Å². The first-order valence-corrected chi connectivity index (χ1v) is 7.67. The average Bonchev–Trinajstić information content (AvgIpc) is 2.50. The number of nitrogens with one attached hydrogen (secondary N) is 1. The van der Waals surface area contributed by atoms with Gasteiger partial charge in [0.2, 0.25) is 5.91 Å². The summed E-state index contributed by atoms with van der Waals surface area (Å²) in [6.07, 6.45) is 4.16. The van der Waals surface area contributed by atoms with Crippen LogP contribution in [0.2, 0.25) is 0 Å². The molecule has 120 valence electrons. The molecule has 3 rings (SSSR count). The van der Waals surface area contributed by atoms with Crippen molar-refractivity contribution in [2.24, 2.45) is 0 Å². The van der Waals surface area contributed by atoms with Gasteiger partial charge in [0.1, 0.15) is 6.54 Å². The molecule has 1 N–H and O–H groups in total. The lowest BCUT2D eigenvalue weighted by Crippen LogP contribution is -2.50. The zero-order valence-corrected chi connectivity index (χ0v) is 12.7. The summed E-state index contributed by atoms with van der Waals surface area (Å²) in [5.41, 5.74) is 0.435. The van der Waals surface area contributed by atoms with E-state index in [0.717, 1.165) is 19.3 Å². The minimum atomic E-state index is -0.213. The van der Waals surface area contributed by atoms with E-state index in [1.54, 1.807) is 6.92 Å². The van der Waals surface area contributed by atoms with E-state index in [1.807, 2.05) is 0 Å². The average molecular weight is 307 g/mol. The van der Waals surface area contributed by atoms with E-state index in [2.05, 4.69) is 10.3 Å². The van der Waals surface area contributed by atoms with Gasteiger partial charge in [0.25, 0.3) is 5.56 Å². The van der Waals surface area contributed by atoms with Crippen LogP contribution in [-0.4, -0.2) is 46.9 Å². The Bertz CT molecular complexity index is 601. The molecule has 3 atom stereocenters. The molecule has 0 bridgehead atoms. The molecule has 0 unspecified atom stereocenters. The maximum atomic E-state index is 12.1. The van der Waals surface area contributed by atoms with Crippen LogP contribution < -0.4 is 10.9 Å². The molecule has 1 aromatic rings. The third-order valence-electron chi connectivity index (χ3n) is 4.17. The van der Waals surface area contributed by atoms with Crippen molar-refractivity contribution in [2.45, 2.75) is 51.0 Å². The second-order valence-corrected chi connectivity index (χ2v) is 5.89. The van der Waals surface area contributed by atoms with Gasteiger partial charge in [0.05, 0.1) is 31.7 Å². The summed E-state index contributed by atoms with van der Waals surface area (Å²) in [6.45, 7) is 3.01. The summed E-state index contributed by atoms with van der Waals surface area (Å²) < 4.78 is 12.7. The summed E-state index contributed by atoms with van der Waals surface area (Å²) >= 11 is 0. The lowest BCUT2D eigenvalue weighted by molar-refractivity contribution is -0.158. The van der Waals surface area contributed by atoms with Gasteiger partial charge in [-0.05, 0) is 26.2 Å². The highest BCUT2D eigenvalue weighted by Crippen LogP contribution is 2.26. The van der Waals surface area contributed by atoms with Gasteiger partial charge in [0.15, 0.2) is 0 Å². The topological polar surface area (TPSA) is 82.5 Å². The molecule has 1 saturated heterocycles. The van der Waals surface area contributed by atoms with Crippen LogP contribution in [0.3, 0.4) is 0 Å². The van der Waals surface area contributed by atoms with Crippen LogP contribution in [0.5, 0.6) is 0 Å². The smallest absolute Gasteiger partial charge is 0.253 e. The highest BCUT2D eigenvalue weighted by molar-refractivity contribution is 5.76. The highest BCUT2D eigenvalue weighted by Gasteiger charge is 2.34. The van der Waals surface area contributed by atoms with Gasteiger partial charge in [0, 0.05) is 17.8 Å². The van der Waals surface area contributed by atoms with E-state index in [9.17, 15) is 9.59 Å². The number of nitrogens with zero attached hydrogens (tertiary/aromatic N) is 2. The fourth-order valence-corrected chi connectivity index (χ4v) is 3.06. The lowest BCUT2D eigenvalue weighted by atomic mass is 9.89. The lowest BCUT2D eigenvalue weighted by Gasteiger charge is -2.39. The van der Waals surface area contributed by atoms with E-state index < -0.39 is 0 Å². The van der Waals surface area contributed by atoms with E-state index in [-0.39, 0.29) is 36.3 Å². The highest BCUT2D eigenvalue weighted by atomic mass is 16.6. The molecule has 1 aliphatic heterocycles. The van der Waals surface area contributed by atoms with Crippen molar-refractivity contribution >= 4 is 5.91 Å². The van der Waals surface area contributed by atoms with Crippen molar-refractivity contribution in [3.05, 3.63) is 28.4 Å². The molecule has 0 aromatic carbocycles. The van der Waals surface area contributed by atoms with Crippen LogP contribution in [0.4, 0.5) is 0 Å². The SMILES string of the molecule is Cc1cc(=O)n(CC(=O)N[C@@H]2CC[C@@H]3OCCO[C@H]3C2)cn1. The number of hydrogen-bond donors (Lipinski definition) is 1. The van der Waals surface area contributed by atoms with Crippen LogP contribution in [0.1, 0.15) is 25.0 Å². The van der Waals surface area contributed by atoms with Gasteiger partial charge < -0.3 is 14.8 Å². The number of rotatable bonds is 3. The number of aromatic nitrogens is 2. The number of aryl methyl sites for hydroxylation is 1. The molecular weight excluding hydrogens is 286 g/mol. The van der Waals surface area contributed by atoms with Gasteiger partial charge in [-0.1, -0.05) is 0 Å². The van der Waals surface area contributed by atoms with E-state index in [0.29, 0.717) is 18.9 Å². The fourth-order valence-electron chi connectivity index (χ4n) is 3.06. The summed E-state index contributed by atoms with van der Waals surface area (Å²) in [5, 5.41) is 2.98. The molecule has 0 radical (unpaired) electrons. The third-order valence-corrected chi connectivity index (χ3v) is 4.17. The van der Waals surface area contributed by atoms with Gasteiger partial charge in [-0.2, -0.15) is 0 Å². The number of hydrogen-bond acceptors (Lipinski definition) is 5. The molecule has 2 fully saturated rings. The predicted octanol–water partition coefficient (Wildman–Crippen LogP) is 0.00442. The normalized spacial score (nSPS) is 28.0. The largest absolute Gasteiger partial charge is 0.373 e. The molecular formula is C15H21N3O4. The Morgan fingerprint density at radius 1 is 1.36 bits per heavy atom. The van der Waals surface area contributed by atoms with Crippen LogP contribution in [0.15, 0.2) is 17.2 Å². The van der Waals surface area contributed by atoms with Crippen molar-refractivity contribution in [2.75, 3.05) is 13.2 Å². The van der Waals surface area contributed by atoms with Crippen molar-refractivity contribution in [3.63, 3.8) is 0 Å². The Morgan fingerprint density at radius 2 is 2.14 bits per heavy atom. The molecule has 2 aliphatic rings. The number of amides is 1. The van der Waals surface area contributed by atoms with Crippen molar-refractivity contribution in [1.82, 2.24) is 14.9 Å². The van der Waals surface area contributed by atoms with Crippen LogP contribution >= 0.6 is 0 Å². The Morgan fingerprint density at radius 3 is 2.91 bits per heavy atom. The zero-order chi connectivity index (χ0) is 15.5. The number of carbonyl (C=O) groups is 1. The fraction of sp³-hybridized carbons (Fsp3) is 0.667. The Balaban J connectivity index is 1.54. The van der Waals surface area contributed by atoms with Crippen molar-refractivity contribution < 1.29 is 14.3 Å². The molecule has 1 amide bonds. The van der Waals surface area contributed by atoms with Crippen LogP contribution in [0, 0.1) is 6.92 Å². The van der Waals surface area contributed by atoms with Crippen molar-refractivity contribution in [1.29, 1.82) is 0 Å². The summed E-state index contributed by atoms with van der Waals surface area (Å²) in [4.78, 5) is 27.9. The van der Waals surface area contributed by atoms with Gasteiger partial charge in [-0.3, -0.25) is 14.2 Å². The molecule has 1 aromatic heterocycles. The minimum Gasteiger partial charge on any atom is -0.373 e. The molecule has 1 aliphatic carbocycles. The molecule has 22 heavy (non-hydrogen) atoms. The first-order valence-electron chi connectivity index (χ1n) is 7.67. The maximum Gasteiger partial charge on any atom is 0.253 e. The Kier molecular flexibility index (Phi) is 4.54. The monoisotopic (exact) mass is 307 g/mol. The third kappa shape index (κ3) is 3.53. The minimum absolute atomic E-state index is 0.00589. The Hall–Kier alpha value is -1.73. The number of carbonyl (C=O) groups excluding carboxylic acids is 1. The van der Waals surface area contributed by atoms with Crippen LogP contribution in [-0.2, 0) is 20.8 Å². The summed E-state index contributed by atoms with van der Waals surface area (Å²) in [7, 11) is 0. The summed E-state index contributed by atoms with van der Waals surface area (Å²) in [6, 6.07) is 1.50. The molecule has 2 heterocycles. The number of fused-ring (bicyclic) bond motifs is 1. The van der Waals surface area contributed by atoms with Crippen LogP contribution in [0.25, 0.3) is 0 Å². The first kappa shape index (κ1) is 15.2. The predicted molar refractivity (Wildman–Crippen MR) is 78.5 cm³/mol. The van der Waals surface area contributed by atoms with E-state index >= 15 is 0 Å². The standard InChI is InChI=1S/C15H21N3O4/c1-10-6-15(20)18(9-16-10)8-14(19)17-11-2-3-12-13(7-11)22-5-4-21-12/h6,9,11-13H,2-5,7-8H2,1H3,(H,17,19)/t11-,12+,13+/m1/s1. The first-order chi connectivity index (χ1) is 10.6. The Labute approximate surface area is 128 Å². The second kappa shape index (κ2) is 6.58. The maximum absolute atomic E-state index is 12.1. The molecule has 0 spiro atoms. The quantitative estimate of drug-likeness (QED) is 0.850. The van der Waals surface area contributed by atoms with E-state index in [4.69, 9.17) is 9.47 Å². The molecule has 7 nitrogen and oxygen atoms in total. The van der Waals surface area contributed by atoms with Gasteiger partial charge in [-0.15, -0.1) is 0 Å². The zero-order valence-electron chi connectivity index (χ0n) is 12.7. The molecule has 7 heteroatoms. The number of ether oxygens (including phenoxy) is 2. The second-order valence-electron chi connectivity index (χ2n) is 5.89. The van der Waals surface area contributed by atoms with Gasteiger partial charge >= 0.3 is 0 Å².